The van der Waals surface area contributed by atoms with Crippen LogP contribution in [-0.2, 0) is 11.3 Å². The van der Waals surface area contributed by atoms with E-state index in [-0.39, 0.29) is 41.2 Å². The Kier molecular flexibility index (Phi) is 7.91. The summed E-state index contributed by atoms with van der Waals surface area (Å²) in [6.45, 7) is 5.01. The highest BCUT2D eigenvalue weighted by atomic mass is 19.1. The lowest BCUT2D eigenvalue weighted by atomic mass is 10.0. The van der Waals surface area contributed by atoms with Gasteiger partial charge in [-0.1, -0.05) is 6.07 Å². The molecule has 9 nitrogen and oxygen atoms in total. The standard InChI is InChI=1S/C31H30F2N6O3/c1-19-2-3-20(16-35-19)17-41-24-12-21(32)13-25(14-24)42-23-4-5-26(27(33)15-23)29(34)28-30(38-22-6-10-40-11-7-22)36-18-37-31(28)39-8-9-39/h2-5,12-16,18,22,34H,6-11,17H2,1H3,(H,36,37,38). The van der Waals surface area contributed by atoms with Crippen LogP contribution in [0.1, 0.15) is 35.2 Å². The molecule has 216 valence electrons. The van der Waals surface area contributed by atoms with Gasteiger partial charge in [0.2, 0.25) is 0 Å². The Morgan fingerprint density at radius 3 is 2.55 bits per heavy atom. The molecule has 0 amide bonds. The Morgan fingerprint density at radius 1 is 1.00 bits per heavy atom. The first-order valence-corrected chi connectivity index (χ1v) is 13.8. The molecule has 2 aliphatic heterocycles. The summed E-state index contributed by atoms with van der Waals surface area (Å²) in [5.41, 5.74) is 2.21. The maximum absolute atomic E-state index is 15.5. The van der Waals surface area contributed by atoms with Gasteiger partial charge in [-0.15, -0.1) is 0 Å². The van der Waals surface area contributed by atoms with Gasteiger partial charge in [-0.3, -0.25) is 10.4 Å². The van der Waals surface area contributed by atoms with Gasteiger partial charge in [0, 0.05) is 79.6 Å². The molecule has 0 atom stereocenters. The lowest BCUT2D eigenvalue weighted by Crippen LogP contribution is -2.29. The average Bonchev–Trinajstić information content (AvgIpc) is 3.83. The van der Waals surface area contributed by atoms with E-state index < -0.39 is 11.6 Å². The first-order chi connectivity index (χ1) is 20.4. The number of anilines is 2. The molecular weight excluding hydrogens is 542 g/mol. The third-order valence-corrected chi connectivity index (χ3v) is 7.05. The smallest absolute Gasteiger partial charge is 0.143 e. The van der Waals surface area contributed by atoms with Crippen molar-refractivity contribution in [3.8, 4) is 17.2 Å². The lowest BCUT2D eigenvalue weighted by molar-refractivity contribution is 0.0904. The van der Waals surface area contributed by atoms with Gasteiger partial charge < -0.3 is 24.4 Å². The molecule has 0 radical (unpaired) electrons. The van der Waals surface area contributed by atoms with E-state index >= 15 is 4.39 Å². The number of aryl methyl sites for hydroxylation is 1. The molecule has 2 aliphatic rings. The zero-order valence-electron chi connectivity index (χ0n) is 23.1. The molecule has 0 saturated carbocycles. The summed E-state index contributed by atoms with van der Waals surface area (Å²) in [6, 6.07) is 12.1. The van der Waals surface area contributed by atoms with E-state index in [1.54, 1.807) is 12.3 Å². The average molecular weight is 573 g/mol. The largest absolute Gasteiger partial charge is 0.489 e. The SMILES string of the molecule is Cc1ccc(COc2cc(F)cc(Oc3ccc(C(=N)c4c(NC5CCOCC5)ncnc4N4CC4)c(F)c3)c2)cn1. The number of nitrogens with zero attached hydrogens (tertiary/aromatic N) is 4. The first-order valence-electron chi connectivity index (χ1n) is 13.8. The first kappa shape index (κ1) is 27.5. The van der Waals surface area contributed by atoms with E-state index in [4.69, 9.17) is 19.6 Å². The predicted octanol–water partition coefficient (Wildman–Crippen LogP) is 5.66. The molecule has 2 fully saturated rings. The minimum atomic E-state index is -0.658. The van der Waals surface area contributed by atoms with Crippen molar-refractivity contribution in [2.75, 3.05) is 36.5 Å². The second-order valence-electron chi connectivity index (χ2n) is 10.3. The summed E-state index contributed by atoms with van der Waals surface area (Å²) in [7, 11) is 0. The van der Waals surface area contributed by atoms with E-state index in [1.807, 2.05) is 24.0 Å². The Hall–Kier alpha value is -4.64. The van der Waals surface area contributed by atoms with Crippen molar-refractivity contribution in [1.29, 1.82) is 5.41 Å². The summed E-state index contributed by atoms with van der Waals surface area (Å²) < 4.78 is 46.8. The molecule has 0 unspecified atom stereocenters. The number of halogens is 2. The fourth-order valence-electron chi connectivity index (χ4n) is 4.72. The van der Waals surface area contributed by atoms with Crippen LogP contribution in [0.5, 0.6) is 17.2 Å². The Balaban J connectivity index is 1.20. The molecule has 4 aromatic rings. The number of benzene rings is 2. The summed E-state index contributed by atoms with van der Waals surface area (Å²) in [6.07, 6.45) is 4.79. The molecule has 2 aromatic carbocycles. The van der Waals surface area contributed by atoms with Crippen molar-refractivity contribution in [2.45, 2.75) is 32.4 Å². The lowest BCUT2D eigenvalue weighted by Gasteiger charge is -2.25. The van der Waals surface area contributed by atoms with E-state index in [0.717, 1.165) is 37.2 Å². The van der Waals surface area contributed by atoms with Crippen LogP contribution >= 0.6 is 0 Å². The molecule has 6 rings (SSSR count). The normalized spacial score (nSPS) is 14.9. The monoisotopic (exact) mass is 572 g/mol. The molecule has 0 bridgehead atoms. The van der Waals surface area contributed by atoms with Crippen molar-refractivity contribution >= 4 is 17.3 Å². The van der Waals surface area contributed by atoms with Gasteiger partial charge in [-0.05, 0) is 38.0 Å². The summed E-state index contributed by atoms with van der Waals surface area (Å²) in [5, 5.41) is 12.4. The third kappa shape index (κ3) is 6.46. The molecule has 2 saturated heterocycles. The van der Waals surface area contributed by atoms with E-state index in [0.29, 0.717) is 30.4 Å². The topological polar surface area (TPSA) is 105 Å². The second kappa shape index (κ2) is 12.1. The number of rotatable bonds is 10. The second-order valence-corrected chi connectivity index (χ2v) is 10.3. The minimum Gasteiger partial charge on any atom is -0.489 e. The molecule has 0 aliphatic carbocycles. The van der Waals surface area contributed by atoms with Crippen LogP contribution in [0.3, 0.4) is 0 Å². The van der Waals surface area contributed by atoms with Crippen LogP contribution in [-0.4, -0.2) is 53.0 Å². The molecule has 2 aromatic heterocycles. The molecule has 11 heteroatoms. The van der Waals surface area contributed by atoms with Crippen molar-refractivity contribution in [3.63, 3.8) is 0 Å². The minimum absolute atomic E-state index is 0.0388. The third-order valence-electron chi connectivity index (χ3n) is 7.05. The number of pyridine rings is 1. The van der Waals surface area contributed by atoms with Gasteiger partial charge in [0.1, 0.15) is 53.5 Å². The van der Waals surface area contributed by atoms with Gasteiger partial charge in [0.25, 0.3) is 0 Å². The quantitative estimate of drug-likeness (QED) is 0.185. The number of ether oxygens (including phenoxy) is 3. The highest BCUT2D eigenvalue weighted by Gasteiger charge is 2.29. The summed E-state index contributed by atoms with van der Waals surface area (Å²) in [4.78, 5) is 15.1. The van der Waals surface area contributed by atoms with Crippen LogP contribution in [0.25, 0.3) is 0 Å². The van der Waals surface area contributed by atoms with E-state index in [2.05, 4.69) is 20.3 Å². The van der Waals surface area contributed by atoms with Crippen molar-refractivity contribution < 1.29 is 23.0 Å². The van der Waals surface area contributed by atoms with Crippen molar-refractivity contribution in [1.82, 2.24) is 15.0 Å². The van der Waals surface area contributed by atoms with E-state index in [9.17, 15) is 4.39 Å². The molecule has 4 heterocycles. The van der Waals surface area contributed by atoms with Gasteiger partial charge in [0.15, 0.2) is 0 Å². The fraction of sp³-hybridized carbons (Fsp3) is 0.290. The van der Waals surface area contributed by atoms with Gasteiger partial charge in [0.05, 0.1) is 11.3 Å². The highest BCUT2D eigenvalue weighted by Crippen LogP contribution is 2.33. The number of hydrogen-bond acceptors (Lipinski definition) is 9. The Labute approximate surface area is 242 Å². The van der Waals surface area contributed by atoms with Crippen LogP contribution in [0.2, 0.25) is 0 Å². The predicted molar refractivity (Wildman–Crippen MR) is 154 cm³/mol. The zero-order chi connectivity index (χ0) is 29.1. The molecule has 2 N–H and O–H groups in total. The van der Waals surface area contributed by atoms with E-state index in [1.165, 1.54) is 36.7 Å². The number of nitrogens with one attached hydrogen (secondary N) is 2. The van der Waals surface area contributed by atoms with Crippen LogP contribution < -0.4 is 19.7 Å². The maximum atomic E-state index is 15.5. The Morgan fingerprint density at radius 2 is 1.81 bits per heavy atom. The zero-order valence-corrected chi connectivity index (χ0v) is 23.1. The Bertz CT molecular complexity index is 1590. The van der Waals surface area contributed by atoms with Crippen molar-refractivity contribution in [2.24, 2.45) is 0 Å². The van der Waals surface area contributed by atoms with Crippen LogP contribution in [0.15, 0.2) is 61.1 Å². The molecular formula is C31H30F2N6O3. The highest BCUT2D eigenvalue weighted by molar-refractivity contribution is 6.16. The fourth-order valence-corrected chi connectivity index (χ4v) is 4.72. The van der Waals surface area contributed by atoms with Crippen LogP contribution in [0.4, 0.5) is 20.4 Å². The van der Waals surface area contributed by atoms with Gasteiger partial charge in [-0.25, -0.2) is 18.7 Å². The number of hydrogen-bond donors (Lipinski definition) is 2. The summed E-state index contributed by atoms with van der Waals surface area (Å²) in [5.74, 6) is 0.447. The molecule has 42 heavy (non-hydrogen) atoms. The molecule has 0 spiro atoms. The summed E-state index contributed by atoms with van der Waals surface area (Å²) >= 11 is 0. The number of aromatic nitrogens is 3. The maximum Gasteiger partial charge on any atom is 0.143 e. The van der Waals surface area contributed by atoms with Crippen molar-refractivity contribution in [3.05, 3.63) is 95.1 Å². The van der Waals surface area contributed by atoms with Gasteiger partial charge >= 0.3 is 0 Å². The van der Waals surface area contributed by atoms with Gasteiger partial charge in [-0.2, -0.15) is 0 Å². The van der Waals surface area contributed by atoms with Crippen LogP contribution in [0, 0.1) is 24.0 Å².